The molecule has 0 aliphatic rings. The van der Waals surface area contributed by atoms with E-state index in [4.69, 9.17) is 21.8 Å². The largest absolute Gasteiger partial charge is 0.464 e. The number of hydrogen-bond donors (Lipinski definition) is 1. The summed E-state index contributed by atoms with van der Waals surface area (Å²) in [6.45, 7) is 4.03. The Morgan fingerprint density at radius 2 is 2.25 bits per heavy atom. The van der Waals surface area contributed by atoms with E-state index in [2.05, 4.69) is 6.92 Å². The average molecular weight is 256 g/mol. The van der Waals surface area contributed by atoms with Gasteiger partial charge in [-0.15, -0.1) is 11.3 Å². The molecule has 0 radical (unpaired) electrons. The van der Waals surface area contributed by atoms with Crippen LogP contribution in [0.2, 0.25) is 5.02 Å². The molecule has 1 atom stereocenters. The van der Waals surface area contributed by atoms with Gasteiger partial charge in [0, 0.05) is 11.3 Å². The molecule has 0 amide bonds. The van der Waals surface area contributed by atoms with Crippen LogP contribution in [-0.2, 0) is 6.42 Å². The zero-order valence-electron chi connectivity index (χ0n) is 9.29. The number of halogens is 1. The molecule has 2 N–H and O–H groups in total. The van der Waals surface area contributed by atoms with Crippen molar-refractivity contribution in [1.82, 2.24) is 0 Å². The van der Waals surface area contributed by atoms with E-state index in [1.54, 1.807) is 11.3 Å². The van der Waals surface area contributed by atoms with Gasteiger partial charge in [0.2, 0.25) is 0 Å². The fourth-order valence-corrected chi connectivity index (χ4v) is 2.86. The summed E-state index contributed by atoms with van der Waals surface area (Å²) >= 11 is 7.76. The second kappa shape index (κ2) is 4.62. The first kappa shape index (κ1) is 11.7. The normalized spacial score (nSPS) is 13.0. The van der Waals surface area contributed by atoms with Crippen molar-refractivity contribution in [3.8, 4) is 0 Å². The molecule has 1 unspecified atom stereocenters. The predicted octanol–water partition coefficient (Wildman–Crippen LogP) is 3.91. The second-order valence-corrected chi connectivity index (χ2v) is 5.02. The summed E-state index contributed by atoms with van der Waals surface area (Å²) in [4.78, 5) is 0.969. The molecule has 2 heterocycles. The Bertz CT molecular complexity index is 489. The minimum absolute atomic E-state index is 0.258. The molecule has 16 heavy (non-hydrogen) atoms. The number of nitrogens with two attached hydrogens (primary N) is 1. The van der Waals surface area contributed by atoms with Gasteiger partial charge in [0.1, 0.15) is 11.5 Å². The van der Waals surface area contributed by atoms with E-state index >= 15 is 0 Å². The number of furan rings is 1. The molecular formula is C12H14ClNOS. The van der Waals surface area contributed by atoms with E-state index in [0.717, 1.165) is 33.4 Å². The van der Waals surface area contributed by atoms with E-state index in [1.807, 2.05) is 24.4 Å². The summed E-state index contributed by atoms with van der Waals surface area (Å²) in [5.41, 5.74) is 7.20. The quantitative estimate of drug-likeness (QED) is 0.903. The fourth-order valence-electron chi connectivity index (χ4n) is 1.54. The molecule has 0 aromatic carbocycles. The van der Waals surface area contributed by atoms with E-state index in [0.29, 0.717) is 0 Å². The molecule has 0 saturated carbocycles. The van der Waals surface area contributed by atoms with Gasteiger partial charge >= 0.3 is 0 Å². The molecule has 2 aromatic heterocycles. The van der Waals surface area contributed by atoms with Crippen LogP contribution in [0.4, 0.5) is 0 Å². The van der Waals surface area contributed by atoms with Crippen molar-refractivity contribution in [3.63, 3.8) is 0 Å². The van der Waals surface area contributed by atoms with E-state index < -0.39 is 0 Å². The van der Waals surface area contributed by atoms with Gasteiger partial charge in [-0.25, -0.2) is 0 Å². The zero-order valence-corrected chi connectivity index (χ0v) is 10.9. The van der Waals surface area contributed by atoms with Crippen molar-refractivity contribution in [2.45, 2.75) is 26.3 Å². The van der Waals surface area contributed by atoms with Gasteiger partial charge in [-0.3, -0.25) is 0 Å². The first-order chi connectivity index (χ1) is 7.63. The van der Waals surface area contributed by atoms with Crippen LogP contribution in [0.25, 0.3) is 0 Å². The summed E-state index contributed by atoms with van der Waals surface area (Å²) in [7, 11) is 0. The van der Waals surface area contributed by atoms with E-state index in [9.17, 15) is 0 Å². The zero-order chi connectivity index (χ0) is 11.7. The Balaban J connectivity index is 2.31. The van der Waals surface area contributed by atoms with Crippen LogP contribution in [-0.4, -0.2) is 0 Å². The highest BCUT2D eigenvalue weighted by atomic mass is 35.5. The van der Waals surface area contributed by atoms with Gasteiger partial charge in [-0.05, 0) is 30.0 Å². The molecule has 2 rings (SSSR count). The van der Waals surface area contributed by atoms with Crippen LogP contribution in [0.3, 0.4) is 0 Å². The Morgan fingerprint density at radius 3 is 2.75 bits per heavy atom. The third kappa shape index (κ3) is 2.03. The number of hydrogen-bond acceptors (Lipinski definition) is 3. The predicted molar refractivity (Wildman–Crippen MR) is 68.2 cm³/mol. The van der Waals surface area contributed by atoms with Crippen LogP contribution in [0.5, 0.6) is 0 Å². The summed E-state index contributed by atoms with van der Waals surface area (Å²) in [6.07, 6.45) is 0.879. The lowest BCUT2D eigenvalue weighted by Crippen LogP contribution is -2.09. The Hall–Kier alpha value is -0.770. The molecule has 0 spiro atoms. The highest BCUT2D eigenvalue weighted by molar-refractivity contribution is 7.10. The van der Waals surface area contributed by atoms with Gasteiger partial charge in [0.25, 0.3) is 0 Å². The topological polar surface area (TPSA) is 39.2 Å². The summed E-state index contributed by atoms with van der Waals surface area (Å²) in [6, 6.07) is 3.63. The molecular weight excluding hydrogens is 242 g/mol. The maximum absolute atomic E-state index is 6.18. The second-order valence-electron chi connectivity index (χ2n) is 3.73. The van der Waals surface area contributed by atoms with E-state index in [-0.39, 0.29) is 6.04 Å². The maximum atomic E-state index is 6.18. The minimum atomic E-state index is -0.258. The molecule has 0 bridgehead atoms. The van der Waals surface area contributed by atoms with Crippen molar-refractivity contribution < 1.29 is 4.42 Å². The monoisotopic (exact) mass is 255 g/mol. The van der Waals surface area contributed by atoms with Gasteiger partial charge in [0.15, 0.2) is 0 Å². The van der Waals surface area contributed by atoms with Crippen molar-refractivity contribution >= 4 is 22.9 Å². The standard InChI is InChI=1S/C12H14ClNOS/c1-3-8-4-5-9(15-8)11(14)12-10(13)7(2)6-16-12/h4-6,11H,3,14H2,1-2H3. The molecule has 0 fully saturated rings. The number of thiophene rings is 1. The Labute approximate surface area is 104 Å². The molecule has 0 aliphatic heterocycles. The van der Waals surface area contributed by atoms with Gasteiger partial charge in [0.05, 0.1) is 11.1 Å². The molecule has 0 aliphatic carbocycles. The number of rotatable bonds is 3. The van der Waals surface area contributed by atoms with Crippen LogP contribution in [0.15, 0.2) is 21.9 Å². The third-order valence-corrected chi connectivity index (χ3v) is 4.34. The minimum Gasteiger partial charge on any atom is -0.464 e. The average Bonchev–Trinajstić information content (AvgIpc) is 2.87. The molecule has 86 valence electrons. The fraction of sp³-hybridized carbons (Fsp3) is 0.333. The first-order valence-electron chi connectivity index (χ1n) is 5.21. The van der Waals surface area contributed by atoms with Crippen LogP contribution >= 0.6 is 22.9 Å². The molecule has 0 saturated heterocycles. The molecule has 2 nitrogen and oxygen atoms in total. The van der Waals surface area contributed by atoms with Gasteiger partial charge < -0.3 is 10.2 Å². The molecule has 4 heteroatoms. The van der Waals surface area contributed by atoms with E-state index in [1.165, 1.54) is 0 Å². The molecule has 2 aromatic rings. The summed E-state index contributed by atoms with van der Waals surface area (Å²) < 4.78 is 5.64. The SMILES string of the molecule is CCc1ccc(C(N)c2scc(C)c2Cl)o1. The van der Waals surface area contributed by atoms with Crippen molar-refractivity contribution in [2.24, 2.45) is 5.73 Å². The number of aryl methyl sites for hydroxylation is 2. The highest BCUT2D eigenvalue weighted by Gasteiger charge is 2.18. The van der Waals surface area contributed by atoms with Crippen LogP contribution in [0, 0.1) is 6.92 Å². The lowest BCUT2D eigenvalue weighted by Gasteiger charge is -2.07. The highest BCUT2D eigenvalue weighted by Crippen LogP contribution is 2.34. The van der Waals surface area contributed by atoms with Gasteiger partial charge in [-0.1, -0.05) is 18.5 Å². The lowest BCUT2D eigenvalue weighted by molar-refractivity contribution is 0.455. The Morgan fingerprint density at radius 1 is 1.50 bits per heavy atom. The summed E-state index contributed by atoms with van der Waals surface area (Å²) in [5, 5.41) is 2.77. The van der Waals surface area contributed by atoms with Gasteiger partial charge in [-0.2, -0.15) is 0 Å². The lowest BCUT2D eigenvalue weighted by atomic mass is 10.2. The van der Waals surface area contributed by atoms with Crippen molar-refractivity contribution in [2.75, 3.05) is 0 Å². The third-order valence-electron chi connectivity index (χ3n) is 2.55. The summed E-state index contributed by atoms with van der Waals surface area (Å²) in [5.74, 6) is 1.73. The maximum Gasteiger partial charge on any atom is 0.126 e. The Kier molecular flexibility index (Phi) is 3.38. The smallest absolute Gasteiger partial charge is 0.126 e. The van der Waals surface area contributed by atoms with Crippen molar-refractivity contribution in [1.29, 1.82) is 0 Å². The van der Waals surface area contributed by atoms with Crippen LogP contribution in [0.1, 0.15) is 34.9 Å². The van der Waals surface area contributed by atoms with Crippen LogP contribution < -0.4 is 5.73 Å². The first-order valence-corrected chi connectivity index (χ1v) is 6.47. The van der Waals surface area contributed by atoms with Crippen molar-refractivity contribution in [3.05, 3.63) is 44.5 Å².